The van der Waals surface area contributed by atoms with Crippen LogP contribution in [0.2, 0.25) is 0 Å². The molecule has 0 aliphatic rings. The highest BCUT2D eigenvalue weighted by atomic mass is 19.2. The van der Waals surface area contributed by atoms with E-state index in [2.05, 4.69) is 6.92 Å². The second-order valence-electron chi connectivity index (χ2n) is 4.95. The van der Waals surface area contributed by atoms with Crippen LogP contribution >= 0.6 is 0 Å². The zero-order chi connectivity index (χ0) is 16.7. The molecule has 0 heterocycles. The predicted molar refractivity (Wildman–Crippen MR) is 82.2 cm³/mol. The Hall–Kier alpha value is -2.17. The first-order chi connectivity index (χ1) is 10.4. The van der Waals surface area contributed by atoms with E-state index in [9.17, 15) is 18.3 Å². The molecule has 0 aliphatic carbocycles. The summed E-state index contributed by atoms with van der Waals surface area (Å²) in [6, 6.07) is 8.30. The Bertz CT molecular complexity index is 603. The third-order valence-electron chi connectivity index (χ3n) is 3.16. The summed E-state index contributed by atoms with van der Waals surface area (Å²) < 4.78 is 37.5. The van der Waals surface area contributed by atoms with Gasteiger partial charge < -0.3 is 10.8 Å². The van der Waals surface area contributed by atoms with Gasteiger partial charge in [-0.2, -0.15) is 0 Å². The van der Waals surface area contributed by atoms with E-state index in [0.29, 0.717) is 5.75 Å². The van der Waals surface area contributed by atoms with E-state index in [1.165, 1.54) is 13.3 Å². The number of aromatic hydroxyl groups is 1. The van der Waals surface area contributed by atoms with Gasteiger partial charge in [0.15, 0.2) is 17.5 Å². The van der Waals surface area contributed by atoms with Crippen LogP contribution in [0.25, 0.3) is 0 Å². The third-order valence-corrected chi connectivity index (χ3v) is 3.16. The smallest absolute Gasteiger partial charge is 0.184 e. The van der Waals surface area contributed by atoms with Gasteiger partial charge in [0, 0.05) is 0 Å². The number of benzene rings is 2. The van der Waals surface area contributed by atoms with Gasteiger partial charge in [-0.15, -0.1) is 0 Å². The van der Waals surface area contributed by atoms with E-state index in [-0.39, 0.29) is 5.56 Å². The predicted octanol–water partition coefficient (Wildman–Crippen LogP) is 4.73. The largest absolute Gasteiger partial charge is 0.508 e. The van der Waals surface area contributed by atoms with Crippen molar-refractivity contribution in [1.82, 2.24) is 0 Å². The fourth-order valence-corrected chi connectivity index (χ4v) is 1.84. The summed E-state index contributed by atoms with van der Waals surface area (Å²) in [5.41, 5.74) is 5.20. The molecule has 2 nitrogen and oxygen atoms in total. The third kappa shape index (κ3) is 4.69. The minimum atomic E-state index is -1.33. The maximum absolute atomic E-state index is 12.6. The molecule has 0 saturated carbocycles. The number of aryl methyl sites for hydroxylation is 2. The lowest BCUT2D eigenvalue weighted by Gasteiger charge is -2.01. The van der Waals surface area contributed by atoms with Gasteiger partial charge in [-0.3, -0.25) is 0 Å². The second-order valence-corrected chi connectivity index (χ2v) is 4.95. The molecular weight excluding hydrogens is 291 g/mol. The van der Waals surface area contributed by atoms with Gasteiger partial charge in [0.05, 0.1) is 0 Å². The Morgan fingerprint density at radius 1 is 1.09 bits per heavy atom. The summed E-state index contributed by atoms with van der Waals surface area (Å²) in [7, 11) is 0. The fourth-order valence-electron chi connectivity index (χ4n) is 1.84. The lowest BCUT2D eigenvalue weighted by molar-refractivity contribution is 0.467. The maximum Gasteiger partial charge on any atom is 0.184 e. The summed E-state index contributed by atoms with van der Waals surface area (Å²) in [4.78, 5) is 0. The summed E-state index contributed by atoms with van der Waals surface area (Å²) in [5, 5.41) is 9.34. The molecule has 0 saturated heterocycles. The molecule has 0 fully saturated rings. The molecule has 2 aromatic rings. The van der Waals surface area contributed by atoms with Crippen molar-refractivity contribution in [2.24, 2.45) is 0 Å². The number of rotatable bonds is 3. The molecular formula is C17H20F3NO. The SMILES string of the molecule is CCCCc1ccccc1O.Cc1cc(F)c(F)c(N)c1F. The molecule has 2 aromatic carbocycles. The maximum atomic E-state index is 12.6. The number of anilines is 1. The fraction of sp³-hybridized carbons (Fsp3) is 0.294. The number of hydrogen-bond acceptors (Lipinski definition) is 2. The molecule has 2 rings (SSSR count). The van der Waals surface area contributed by atoms with Crippen LogP contribution < -0.4 is 5.73 Å². The topological polar surface area (TPSA) is 46.2 Å². The Morgan fingerprint density at radius 2 is 1.73 bits per heavy atom. The number of phenolic OH excluding ortho intramolecular Hbond substituents is 1. The van der Waals surface area contributed by atoms with Gasteiger partial charge in [0.25, 0.3) is 0 Å². The molecule has 3 N–H and O–H groups in total. The minimum Gasteiger partial charge on any atom is -0.508 e. The Kier molecular flexibility index (Phi) is 6.76. The lowest BCUT2D eigenvalue weighted by atomic mass is 10.1. The quantitative estimate of drug-likeness (QED) is 0.636. The van der Waals surface area contributed by atoms with Crippen molar-refractivity contribution in [2.45, 2.75) is 33.1 Å². The average Bonchev–Trinajstić information content (AvgIpc) is 2.51. The van der Waals surface area contributed by atoms with Crippen molar-refractivity contribution in [1.29, 1.82) is 0 Å². The molecule has 0 amide bonds. The van der Waals surface area contributed by atoms with Gasteiger partial charge in [-0.25, -0.2) is 13.2 Å². The van der Waals surface area contributed by atoms with Crippen LogP contribution in [0.1, 0.15) is 30.9 Å². The second kappa shape index (κ2) is 8.32. The highest BCUT2D eigenvalue weighted by Crippen LogP contribution is 2.21. The normalized spacial score (nSPS) is 10.0. The van der Waals surface area contributed by atoms with Crippen LogP contribution in [0.4, 0.5) is 18.9 Å². The highest BCUT2D eigenvalue weighted by Gasteiger charge is 2.12. The lowest BCUT2D eigenvalue weighted by Crippen LogP contribution is -2.00. The highest BCUT2D eigenvalue weighted by molar-refractivity contribution is 5.44. The number of unbranched alkanes of at least 4 members (excludes halogenated alkanes) is 1. The Morgan fingerprint density at radius 3 is 2.32 bits per heavy atom. The number of halogens is 3. The molecule has 0 radical (unpaired) electrons. The Labute approximate surface area is 128 Å². The molecule has 0 spiro atoms. The minimum absolute atomic E-state index is 0.00130. The number of nitrogen functional groups attached to an aromatic ring is 1. The molecule has 0 unspecified atom stereocenters. The van der Waals surface area contributed by atoms with Crippen LogP contribution in [0.5, 0.6) is 5.75 Å². The molecule has 0 atom stereocenters. The van der Waals surface area contributed by atoms with E-state index in [1.807, 2.05) is 18.2 Å². The molecule has 0 bridgehead atoms. The van der Waals surface area contributed by atoms with Crippen molar-refractivity contribution in [3.05, 3.63) is 58.9 Å². The van der Waals surface area contributed by atoms with E-state index in [0.717, 1.165) is 24.5 Å². The monoisotopic (exact) mass is 311 g/mol. The van der Waals surface area contributed by atoms with Crippen LogP contribution in [0.15, 0.2) is 30.3 Å². The van der Waals surface area contributed by atoms with Crippen molar-refractivity contribution < 1.29 is 18.3 Å². The molecule has 0 aromatic heterocycles. The van der Waals surface area contributed by atoms with Gasteiger partial charge in [0.2, 0.25) is 0 Å². The summed E-state index contributed by atoms with van der Waals surface area (Å²) in [5.74, 6) is -2.92. The van der Waals surface area contributed by atoms with Crippen molar-refractivity contribution >= 4 is 5.69 Å². The molecule has 120 valence electrons. The molecule has 0 aliphatic heterocycles. The zero-order valence-electron chi connectivity index (χ0n) is 12.7. The molecule has 5 heteroatoms. The first-order valence-corrected chi connectivity index (χ1v) is 7.04. The van der Waals surface area contributed by atoms with E-state index in [1.54, 1.807) is 6.07 Å². The van der Waals surface area contributed by atoms with Gasteiger partial charge >= 0.3 is 0 Å². The summed E-state index contributed by atoms with van der Waals surface area (Å²) >= 11 is 0. The van der Waals surface area contributed by atoms with E-state index in [4.69, 9.17) is 5.73 Å². The first-order valence-electron chi connectivity index (χ1n) is 7.04. The number of phenols is 1. The first kappa shape index (κ1) is 17.9. The summed E-state index contributed by atoms with van der Waals surface area (Å²) in [6.07, 6.45) is 3.31. The van der Waals surface area contributed by atoms with Gasteiger partial charge in [-0.05, 0) is 43.0 Å². The van der Waals surface area contributed by atoms with Crippen LogP contribution in [0, 0.1) is 24.4 Å². The number of para-hydroxylation sites is 1. The summed E-state index contributed by atoms with van der Waals surface area (Å²) in [6.45, 7) is 3.47. The van der Waals surface area contributed by atoms with Gasteiger partial charge in [0.1, 0.15) is 11.4 Å². The molecule has 22 heavy (non-hydrogen) atoms. The zero-order valence-corrected chi connectivity index (χ0v) is 12.7. The van der Waals surface area contributed by atoms with Crippen molar-refractivity contribution in [3.63, 3.8) is 0 Å². The number of hydrogen-bond donors (Lipinski definition) is 2. The standard InChI is InChI=1S/C10H14O.C7H6F3N/c1-2-3-6-9-7-4-5-8-10(9)11;1-3-2-4(8)6(10)7(11)5(3)9/h4-5,7-8,11H,2-3,6H2,1H3;2H,11H2,1H3. The van der Waals surface area contributed by atoms with E-state index < -0.39 is 23.1 Å². The van der Waals surface area contributed by atoms with E-state index >= 15 is 0 Å². The average molecular weight is 311 g/mol. The van der Waals surface area contributed by atoms with Crippen LogP contribution in [0.3, 0.4) is 0 Å². The Balaban J connectivity index is 0.000000220. The van der Waals surface area contributed by atoms with Crippen molar-refractivity contribution in [3.8, 4) is 5.75 Å². The number of nitrogens with two attached hydrogens (primary N) is 1. The van der Waals surface area contributed by atoms with Crippen molar-refractivity contribution in [2.75, 3.05) is 5.73 Å². The van der Waals surface area contributed by atoms with Crippen LogP contribution in [-0.4, -0.2) is 5.11 Å². The van der Waals surface area contributed by atoms with Gasteiger partial charge in [-0.1, -0.05) is 31.5 Å². The van der Waals surface area contributed by atoms with Crippen LogP contribution in [-0.2, 0) is 6.42 Å².